The summed E-state index contributed by atoms with van der Waals surface area (Å²) in [5.41, 5.74) is 11.4. The van der Waals surface area contributed by atoms with E-state index in [1.165, 1.54) is 16.3 Å². The number of rotatable bonds is 7. The van der Waals surface area contributed by atoms with Gasteiger partial charge < -0.3 is 0 Å². The normalized spacial score (nSPS) is 12.8. The summed E-state index contributed by atoms with van der Waals surface area (Å²) in [6.07, 6.45) is 1.70. The summed E-state index contributed by atoms with van der Waals surface area (Å²) in [5.74, 6) is 0. The zero-order chi connectivity index (χ0) is 49.5. The fourth-order valence-corrected chi connectivity index (χ4v) is 11.3. The first kappa shape index (κ1) is 33.0. The van der Waals surface area contributed by atoms with Crippen molar-refractivity contribution in [3.8, 4) is 76.6 Å². The number of nitrogens with zero attached hydrogens (tertiary/aromatic N) is 2. The van der Waals surface area contributed by atoms with Crippen molar-refractivity contribution in [3.63, 3.8) is 0 Å². The van der Waals surface area contributed by atoms with Gasteiger partial charge >= 0.3 is 0 Å². The van der Waals surface area contributed by atoms with Gasteiger partial charge in [-0.3, -0.25) is 4.98 Å². The molecule has 0 aliphatic carbocycles. The molecular weight excluding hydrogens is 829 g/mol. The van der Waals surface area contributed by atoms with Crippen LogP contribution in [0.5, 0.6) is 0 Å². The molecule has 0 amide bonds. The molecular formula is C64H40N2S. The molecule has 13 rings (SSSR count). The number of benzene rings is 10. The van der Waals surface area contributed by atoms with E-state index >= 15 is 0 Å². The lowest BCUT2D eigenvalue weighted by atomic mass is 9.85. The van der Waals surface area contributed by atoms with Crippen LogP contribution in [0.4, 0.5) is 0 Å². The van der Waals surface area contributed by atoms with Gasteiger partial charge in [0.05, 0.1) is 25.0 Å². The summed E-state index contributed by atoms with van der Waals surface area (Å²) in [6.45, 7) is 0. The summed E-state index contributed by atoms with van der Waals surface area (Å²) in [4.78, 5) is 11.8. The van der Waals surface area contributed by atoms with Crippen LogP contribution in [-0.4, -0.2) is 9.97 Å². The molecule has 2 nitrogen and oxygen atoms in total. The maximum Gasteiger partial charge on any atom is 0.0972 e. The van der Waals surface area contributed by atoms with Gasteiger partial charge in [-0.15, -0.1) is 11.3 Å². The van der Waals surface area contributed by atoms with Crippen LogP contribution in [0.3, 0.4) is 0 Å². The molecule has 13 aromatic rings. The van der Waals surface area contributed by atoms with Crippen LogP contribution < -0.4 is 0 Å². The highest BCUT2D eigenvalue weighted by Crippen LogP contribution is 2.55. The molecule has 0 fully saturated rings. The number of pyridine rings is 2. The molecule has 0 spiro atoms. The zero-order valence-corrected chi connectivity index (χ0v) is 36.7. The molecule has 0 bridgehead atoms. The van der Waals surface area contributed by atoms with Gasteiger partial charge in [0.2, 0.25) is 0 Å². The first-order valence-corrected chi connectivity index (χ1v) is 23.1. The van der Waals surface area contributed by atoms with Crippen LogP contribution in [-0.2, 0) is 0 Å². The van der Waals surface area contributed by atoms with E-state index in [1.54, 1.807) is 23.6 Å². The third-order valence-electron chi connectivity index (χ3n) is 12.9. The van der Waals surface area contributed by atoms with Gasteiger partial charge in [0.1, 0.15) is 0 Å². The standard InChI is InChI=1S/C64H40N2S/c1-4-17-42(18-5-1)57-52-26-12-14-28-54(52)60(55-29-15-13-27-53(55)57)64-59(44-21-8-3-9-22-44)58(43-19-6-2-7-20-43)63(67-64)47-34-30-41(31-35-47)48-37-38-51(50-25-11-10-24-49(48)50)56-39-36-46-33-32-45-23-16-40-65-61(45)62(46)66-56/h1-40H/i10D,11D,24D,25D,37D,38D. The molecule has 0 aliphatic heterocycles. The summed E-state index contributed by atoms with van der Waals surface area (Å²) in [5, 5.41) is 6.67. The van der Waals surface area contributed by atoms with Crippen LogP contribution in [0.15, 0.2) is 243 Å². The second-order valence-corrected chi connectivity index (χ2v) is 17.7. The maximum absolute atomic E-state index is 9.70. The minimum absolute atomic E-state index is 0.144. The van der Waals surface area contributed by atoms with Crippen molar-refractivity contribution >= 4 is 65.5 Å². The molecule has 0 unspecified atom stereocenters. The number of hydrogen-bond donors (Lipinski definition) is 0. The van der Waals surface area contributed by atoms with Gasteiger partial charge in [-0.25, -0.2) is 4.98 Å². The van der Waals surface area contributed by atoms with Crippen LogP contribution in [0.25, 0.3) is 131 Å². The average Bonchev–Trinajstić information content (AvgIpc) is 3.85. The Hall–Kier alpha value is -8.50. The fraction of sp³-hybridized carbons (Fsp3) is 0. The molecule has 3 heterocycles. The van der Waals surface area contributed by atoms with Crippen molar-refractivity contribution in [2.45, 2.75) is 0 Å². The highest BCUT2D eigenvalue weighted by molar-refractivity contribution is 7.20. The Bertz CT molecular complexity index is 4310. The Kier molecular flexibility index (Phi) is 7.98. The van der Waals surface area contributed by atoms with E-state index in [1.807, 2.05) is 66.7 Å². The zero-order valence-electron chi connectivity index (χ0n) is 41.9. The molecule has 0 atom stereocenters. The summed E-state index contributed by atoms with van der Waals surface area (Å²) >= 11 is 1.75. The SMILES string of the molecule is [2H]c1c([2H])c([2H])c2c(-c3ccc4ccc5cccnc5c4n3)c([2H])c([2H])c(-c3ccc(-c4sc(-c5c6ccccc6c(-c6ccccc6)c6ccccc56)c(-c5ccccc5)c4-c4ccccc4)cc3)c2c1[2H]. The summed E-state index contributed by atoms with van der Waals surface area (Å²) in [7, 11) is 0. The summed E-state index contributed by atoms with van der Waals surface area (Å²) < 4.78 is 55.8. The first-order valence-electron chi connectivity index (χ1n) is 25.3. The van der Waals surface area contributed by atoms with Gasteiger partial charge in [0.15, 0.2) is 0 Å². The van der Waals surface area contributed by atoms with Crippen molar-refractivity contribution in [2.75, 3.05) is 0 Å². The van der Waals surface area contributed by atoms with Gasteiger partial charge in [-0.1, -0.05) is 224 Å². The Balaban J connectivity index is 1.05. The molecule has 3 heteroatoms. The molecule has 0 saturated heterocycles. The Morgan fingerprint density at radius 1 is 0.328 bits per heavy atom. The number of thiophene rings is 1. The average molecular weight is 875 g/mol. The molecule has 0 N–H and O–H groups in total. The predicted molar refractivity (Wildman–Crippen MR) is 285 cm³/mol. The van der Waals surface area contributed by atoms with E-state index in [2.05, 4.69) is 132 Å². The van der Waals surface area contributed by atoms with Crippen LogP contribution in [0.2, 0.25) is 0 Å². The van der Waals surface area contributed by atoms with Crippen LogP contribution in [0.1, 0.15) is 8.22 Å². The molecule has 3 aromatic heterocycles. The van der Waals surface area contributed by atoms with Gasteiger partial charge in [0, 0.05) is 49.0 Å². The number of aromatic nitrogens is 2. The van der Waals surface area contributed by atoms with Crippen molar-refractivity contribution in [3.05, 3.63) is 243 Å². The van der Waals surface area contributed by atoms with Crippen molar-refractivity contribution in [1.82, 2.24) is 9.97 Å². The second kappa shape index (κ2) is 16.2. The van der Waals surface area contributed by atoms with Gasteiger partial charge in [0.25, 0.3) is 0 Å². The van der Waals surface area contributed by atoms with Gasteiger partial charge in [-0.2, -0.15) is 0 Å². The first-order chi connectivity index (χ1) is 35.8. The Morgan fingerprint density at radius 2 is 0.806 bits per heavy atom. The van der Waals surface area contributed by atoms with Crippen molar-refractivity contribution in [1.29, 1.82) is 0 Å². The lowest BCUT2D eigenvalue weighted by Crippen LogP contribution is -1.91. The molecule has 312 valence electrons. The lowest BCUT2D eigenvalue weighted by molar-refractivity contribution is 1.37. The minimum Gasteiger partial charge on any atom is -0.254 e. The monoisotopic (exact) mass is 874 g/mol. The second-order valence-electron chi connectivity index (χ2n) is 16.7. The van der Waals surface area contributed by atoms with Crippen molar-refractivity contribution < 1.29 is 8.22 Å². The largest absolute Gasteiger partial charge is 0.254 e. The van der Waals surface area contributed by atoms with E-state index in [-0.39, 0.29) is 46.1 Å². The highest BCUT2D eigenvalue weighted by Gasteiger charge is 2.27. The topological polar surface area (TPSA) is 25.8 Å². The third kappa shape index (κ3) is 6.55. The summed E-state index contributed by atoms with van der Waals surface area (Å²) in [6, 6.07) is 66.7. The quantitative estimate of drug-likeness (QED) is 0.118. The van der Waals surface area contributed by atoms with E-state index in [0.717, 1.165) is 70.2 Å². The highest BCUT2D eigenvalue weighted by atomic mass is 32.1. The van der Waals surface area contributed by atoms with E-state index in [9.17, 15) is 5.48 Å². The Labute approximate surface area is 401 Å². The number of hydrogen-bond acceptors (Lipinski definition) is 3. The third-order valence-corrected chi connectivity index (χ3v) is 14.1. The fourth-order valence-electron chi connectivity index (χ4n) is 9.86. The minimum atomic E-state index is -0.420. The molecule has 0 aliphatic rings. The lowest BCUT2D eigenvalue weighted by Gasteiger charge is -2.18. The van der Waals surface area contributed by atoms with E-state index in [4.69, 9.17) is 7.73 Å². The Morgan fingerprint density at radius 3 is 1.42 bits per heavy atom. The predicted octanol–water partition coefficient (Wildman–Crippen LogP) is 18.0. The molecule has 10 aromatic carbocycles. The molecule has 0 radical (unpaired) electrons. The van der Waals surface area contributed by atoms with Crippen LogP contribution >= 0.6 is 11.3 Å². The number of fused-ring (bicyclic) bond motifs is 6. The van der Waals surface area contributed by atoms with Gasteiger partial charge in [-0.05, 0) is 83.4 Å². The maximum atomic E-state index is 9.70. The van der Waals surface area contributed by atoms with Crippen molar-refractivity contribution in [2.24, 2.45) is 0 Å². The molecule has 67 heavy (non-hydrogen) atoms. The smallest absolute Gasteiger partial charge is 0.0972 e. The molecule has 0 saturated carbocycles. The van der Waals surface area contributed by atoms with E-state index < -0.39 is 12.1 Å². The van der Waals surface area contributed by atoms with Crippen LogP contribution in [0, 0.1) is 0 Å². The van der Waals surface area contributed by atoms with E-state index in [0.29, 0.717) is 22.3 Å².